The van der Waals surface area contributed by atoms with Gasteiger partial charge in [0.15, 0.2) is 0 Å². The van der Waals surface area contributed by atoms with Crippen LogP contribution >= 0.6 is 23.2 Å². The number of rotatable bonds is 3. The van der Waals surface area contributed by atoms with E-state index in [2.05, 4.69) is 22.8 Å². The molecule has 0 unspecified atom stereocenters. The molecule has 0 aromatic heterocycles. The van der Waals surface area contributed by atoms with Crippen LogP contribution in [0.5, 0.6) is 0 Å². The number of halogens is 2. The molecule has 24 heavy (non-hydrogen) atoms. The molecular formula is C18H24Cl2N4. The summed E-state index contributed by atoms with van der Waals surface area (Å²) in [4.78, 5) is 9.25. The zero-order valence-electron chi connectivity index (χ0n) is 14.2. The standard InChI is InChI=1S/C18H24Cl2N4/c1-13-22-16(23-10-7-18(2,12-21)8-11-23)6-9-24(13)15-5-3-4-14(19)17(15)20/h3-6H,7-12,21H2,1-2H3. The number of likely N-dealkylation sites (tertiary alicyclic amines) is 1. The Bertz CT molecular complexity index is 676. The Morgan fingerprint density at radius 2 is 1.96 bits per heavy atom. The Balaban J connectivity index is 1.73. The highest BCUT2D eigenvalue weighted by Crippen LogP contribution is 2.35. The van der Waals surface area contributed by atoms with Gasteiger partial charge < -0.3 is 15.5 Å². The summed E-state index contributed by atoms with van der Waals surface area (Å²) >= 11 is 12.5. The Morgan fingerprint density at radius 1 is 1.25 bits per heavy atom. The molecule has 0 spiro atoms. The normalized spacial score (nSPS) is 20.7. The van der Waals surface area contributed by atoms with Crippen LogP contribution in [0.25, 0.3) is 0 Å². The highest BCUT2D eigenvalue weighted by Gasteiger charge is 2.30. The minimum atomic E-state index is 0.269. The summed E-state index contributed by atoms with van der Waals surface area (Å²) in [6.07, 6.45) is 4.38. The second kappa shape index (κ2) is 6.95. The molecule has 0 bridgehead atoms. The number of nitrogens with two attached hydrogens (primary N) is 1. The summed E-state index contributed by atoms with van der Waals surface area (Å²) in [5.41, 5.74) is 7.07. The van der Waals surface area contributed by atoms with Gasteiger partial charge in [-0.25, -0.2) is 4.99 Å². The number of nitrogens with zero attached hydrogens (tertiary/aromatic N) is 3. The fourth-order valence-corrected chi connectivity index (χ4v) is 3.63. The summed E-state index contributed by atoms with van der Waals surface area (Å²) in [7, 11) is 0. The molecule has 1 fully saturated rings. The largest absolute Gasteiger partial charge is 0.357 e. The number of amidine groups is 1. The summed E-state index contributed by atoms with van der Waals surface area (Å²) in [6.45, 7) is 7.80. The molecule has 2 aliphatic rings. The average molecular weight is 367 g/mol. The summed E-state index contributed by atoms with van der Waals surface area (Å²) in [5.74, 6) is 1.99. The van der Waals surface area contributed by atoms with Crippen LogP contribution in [0.15, 0.2) is 35.1 Å². The summed E-state index contributed by atoms with van der Waals surface area (Å²) in [5, 5.41) is 1.14. The minimum Gasteiger partial charge on any atom is -0.357 e. The molecule has 0 aliphatic carbocycles. The highest BCUT2D eigenvalue weighted by atomic mass is 35.5. The molecule has 6 heteroatoms. The molecule has 130 valence electrons. The molecule has 0 saturated carbocycles. The van der Waals surface area contributed by atoms with Crippen LogP contribution in [0.2, 0.25) is 10.0 Å². The van der Waals surface area contributed by atoms with Crippen LogP contribution in [-0.2, 0) is 0 Å². The van der Waals surface area contributed by atoms with Crippen molar-refractivity contribution in [1.29, 1.82) is 0 Å². The number of aliphatic imine (C=N–C) groups is 1. The van der Waals surface area contributed by atoms with E-state index in [1.54, 1.807) is 6.07 Å². The van der Waals surface area contributed by atoms with Gasteiger partial charge in [-0.15, -0.1) is 0 Å². The zero-order valence-corrected chi connectivity index (χ0v) is 15.7. The second-order valence-corrected chi connectivity index (χ2v) is 7.69. The van der Waals surface area contributed by atoms with Gasteiger partial charge in [-0.3, -0.25) is 0 Å². The first-order valence-electron chi connectivity index (χ1n) is 8.35. The molecule has 0 radical (unpaired) electrons. The van der Waals surface area contributed by atoms with Crippen LogP contribution in [0.3, 0.4) is 0 Å². The number of hydrogen-bond acceptors (Lipinski definition) is 4. The Kier molecular flexibility index (Phi) is 5.09. The van der Waals surface area contributed by atoms with E-state index in [-0.39, 0.29) is 5.41 Å². The third kappa shape index (κ3) is 3.41. The number of hydrogen-bond donors (Lipinski definition) is 1. The van der Waals surface area contributed by atoms with Gasteiger partial charge in [-0.1, -0.05) is 36.2 Å². The first-order chi connectivity index (χ1) is 11.4. The minimum absolute atomic E-state index is 0.269. The quantitative estimate of drug-likeness (QED) is 0.874. The van der Waals surface area contributed by atoms with Crippen LogP contribution in [0, 0.1) is 5.41 Å². The van der Waals surface area contributed by atoms with Crippen LogP contribution < -0.4 is 10.6 Å². The van der Waals surface area contributed by atoms with Gasteiger partial charge in [0, 0.05) is 19.6 Å². The van der Waals surface area contributed by atoms with E-state index in [1.165, 1.54) is 0 Å². The van der Waals surface area contributed by atoms with Crippen LogP contribution in [0.4, 0.5) is 5.69 Å². The van der Waals surface area contributed by atoms with Crippen molar-refractivity contribution in [1.82, 2.24) is 4.90 Å². The molecule has 1 saturated heterocycles. The van der Waals surface area contributed by atoms with Gasteiger partial charge in [-0.05, 0) is 49.9 Å². The lowest BCUT2D eigenvalue weighted by molar-refractivity contribution is 0.150. The van der Waals surface area contributed by atoms with Crippen LogP contribution in [0.1, 0.15) is 26.7 Å². The van der Waals surface area contributed by atoms with Crippen molar-refractivity contribution in [3.63, 3.8) is 0 Å². The molecule has 0 amide bonds. The maximum Gasteiger partial charge on any atom is 0.128 e. The van der Waals surface area contributed by atoms with Crippen molar-refractivity contribution in [2.45, 2.75) is 26.7 Å². The molecular weight excluding hydrogens is 343 g/mol. The molecule has 4 nitrogen and oxygen atoms in total. The van der Waals surface area contributed by atoms with Crippen LogP contribution in [-0.4, -0.2) is 36.9 Å². The fraction of sp³-hybridized carbons (Fsp3) is 0.500. The number of anilines is 1. The maximum absolute atomic E-state index is 6.35. The molecule has 2 N–H and O–H groups in total. The molecule has 2 aliphatic heterocycles. The van der Waals surface area contributed by atoms with Gasteiger partial charge in [0.1, 0.15) is 11.7 Å². The Hall–Kier alpha value is -1.23. The predicted molar refractivity (Wildman–Crippen MR) is 103 cm³/mol. The molecule has 1 aromatic carbocycles. The Morgan fingerprint density at radius 3 is 2.58 bits per heavy atom. The van der Waals surface area contributed by atoms with E-state index >= 15 is 0 Å². The van der Waals surface area contributed by atoms with Gasteiger partial charge in [-0.2, -0.15) is 0 Å². The third-order valence-electron chi connectivity index (χ3n) is 5.13. The topological polar surface area (TPSA) is 44.9 Å². The van der Waals surface area contributed by atoms with E-state index in [0.717, 1.165) is 56.4 Å². The summed E-state index contributed by atoms with van der Waals surface area (Å²) < 4.78 is 0. The molecule has 3 rings (SSSR count). The van der Waals surface area contributed by atoms with Crippen molar-refractivity contribution in [2.24, 2.45) is 16.1 Å². The van der Waals surface area contributed by atoms with Gasteiger partial charge in [0.2, 0.25) is 0 Å². The maximum atomic E-state index is 6.35. The van der Waals surface area contributed by atoms with Crippen molar-refractivity contribution in [2.75, 3.05) is 31.1 Å². The van der Waals surface area contributed by atoms with Gasteiger partial charge in [0.05, 0.1) is 15.7 Å². The molecule has 1 aromatic rings. The van der Waals surface area contributed by atoms with Crippen molar-refractivity contribution in [3.8, 4) is 0 Å². The molecule has 2 heterocycles. The lowest BCUT2D eigenvalue weighted by Crippen LogP contribution is -2.43. The number of benzene rings is 1. The average Bonchev–Trinajstić information content (AvgIpc) is 2.58. The van der Waals surface area contributed by atoms with Crippen molar-refractivity contribution >= 4 is 34.7 Å². The first kappa shape index (κ1) is 17.6. The van der Waals surface area contributed by atoms with E-state index in [9.17, 15) is 0 Å². The lowest BCUT2D eigenvalue weighted by atomic mass is 9.80. The van der Waals surface area contributed by atoms with E-state index in [0.29, 0.717) is 10.0 Å². The van der Waals surface area contributed by atoms with Gasteiger partial charge >= 0.3 is 0 Å². The smallest absolute Gasteiger partial charge is 0.128 e. The molecule has 0 atom stereocenters. The number of piperidine rings is 1. The zero-order chi connectivity index (χ0) is 17.3. The van der Waals surface area contributed by atoms with Gasteiger partial charge in [0.25, 0.3) is 0 Å². The monoisotopic (exact) mass is 366 g/mol. The van der Waals surface area contributed by atoms with E-state index in [1.807, 2.05) is 19.1 Å². The highest BCUT2D eigenvalue weighted by molar-refractivity contribution is 6.44. The Labute approximate surface area is 153 Å². The fourth-order valence-electron chi connectivity index (χ4n) is 3.23. The second-order valence-electron chi connectivity index (χ2n) is 6.91. The van der Waals surface area contributed by atoms with E-state index in [4.69, 9.17) is 33.9 Å². The third-order valence-corrected chi connectivity index (χ3v) is 5.94. The summed E-state index contributed by atoms with van der Waals surface area (Å²) in [6, 6.07) is 5.68. The first-order valence-corrected chi connectivity index (χ1v) is 9.11. The van der Waals surface area contributed by atoms with E-state index < -0.39 is 0 Å². The predicted octanol–water partition coefficient (Wildman–Crippen LogP) is 4.13. The van der Waals surface area contributed by atoms with Crippen molar-refractivity contribution < 1.29 is 0 Å². The SMILES string of the molecule is CC1=NC(N2CCC(C)(CN)CC2)=CCN1c1cccc(Cl)c1Cl. The lowest BCUT2D eigenvalue weighted by Gasteiger charge is -2.41. The van der Waals surface area contributed by atoms with Crippen molar-refractivity contribution in [3.05, 3.63) is 40.1 Å².